The maximum atomic E-state index is 5.50. The summed E-state index contributed by atoms with van der Waals surface area (Å²) in [6, 6.07) is 10.9. The number of benzene rings is 1. The van der Waals surface area contributed by atoms with E-state index >= 15 is 0 Å². The summed E-state index contributed by atoms with van der Waals surface area (Å²) in [7, 11) is 1.83. The maximum absolute atomic E-state index is 5.50. The minimum Gasteiger partial charge on any atom is -0.379 e. The lowest BCUT2D eigenvalue weighted by atomic mass is 10.0. The Kier molecular flexibility index (Phi) is 8.07. The largest absolute Gasteiger partial charge is 0.379 e. The van der Waals surface area contributed by atoms with Crippen molar-refractivity contribution in [1.29, 1.82) is 0 Å². The van der Waals surface area contributed by atoms with E-state index in [4.69, 9.17) is 4.74 Å². The van der Waals surface area contributed by atoms with E-state index in [2.05, 4.69) is 63.7 Å². The van der Waals surface area contributed by atoms with E-state index in [0.29, 0.717) is 12.0 Å². The Labute approximate surface area is 174 Å². The molecule has 0 amide bonds. The van der Waals surface area contributed by atoms with Crippen LogP contribution in [0.25, 0.3) is 5.69 Å². The second-order valence-corrected chi connectivity index (χ2v) is 7.71. The van der Waals surface area contributed by atoms with Crippen molar-refractivity contribution < 1.29 is 4.74 Å². The molecular weight excluding hydrogens is 364 g/mol. The first kappa shape index (κ1) is 21.3. The summed E-state index contributed by atoms with van der Waals surface area (Å²) in [5, 5.41) is 11.2. The van der Waals surface area contributed by atoms with Crippen molar-refractivity contribution in [2.45, 2.75) is 26.3 Å². The summed E-state index contributed by atoms with van der Waals surface area (Å²) < 4.78 is 7.37. The average Bonchev–Trinajstić information content (AvgIpc) is 3.28. The van der Waals surface area contributed by atoms with Crippen molar-refractivity contribution in [2.75, 3.05) is 46.4 Å². The standard InChI is InChI=1S/C22H34N6O/c1-18(2)21(27-13-15-29-16-14-27)17-25-22(23-3)24-11-9-19-5-7-20(8-6-19)28-12-4-10-26-28/h4-8,10,12,18,21H,9,11,13-17H2,1-3H3,(H2,23,24,25). The number of morpholine rings is 1. The third kappa shape index (κ3) is 6.30. The van der Waals surface area contributed by atoms with Gasteiger partial charge < -0.3 is 15.4 Å². The Morgan fingerprint density at radius 2 is 1.93 bits per heavy atom. The zero-order chi connectivity index (χ0) is 20.5. The van der Waals surface area contributed by atoms with Crippen molar-refractivity contribution in [3.05, 3.63) is 48.3 Å². The Hall–Kier alpha value is -2.38. The van der Waals surface area contributed by atoms with Crippen molar-refractivity contribution in [2.24, 2.45) is 10.9 Å². The Morgan fingerprint density at radius 1 is 1.17 bits per heavy atom. The quantitative estimate of drug-likeness (QED) is 0.525. The zero-order valence-corrected chi connectivity index (χ0v) is 17.8. The van der Waals surface area contributed by atoms with E-state index < -0.39 is 0 Å². The van der Waals surface area contributed by atoms with Crippen LogP contribution in [0.4, 0.5) is 0 Å². The fraction of sp³-hybridized carbons (Fsp3) is 0.545. The van der Waals surface area contributed by atoms with Gasteiger partial charge in [-0.05, 0) is 36.1 Å². The van der Waals surface area contributed by atoms with E-state index in [-0.39, 0.29) is 0 Å². The second kappa shape index (κ2) is 11.0. The summed E-state index contributed by atoms with van der Waals surface area (Å²) in [5.74, 6) is 1.43. The molecule has 2 heterocycles. The molecule has 1 unspecified atom stereocenters. The van der Waals surface area contributed by atoms with Crippen LogP contribution in [-0.2, 0) is 11.2 Å². The smallest absolute Gasteiger partial charge is 0.191 e. The highest BCUT2D eigenvalue weighted by molar-refractivity contribution is 5.79. The summed E-state index contributed by atoms with van der Waals surface area (Å²) in [6.45, 7) is 9.96. The molecular formula is C22H34N6O. The minimum atomic E-state index is 0.479. The highest BCUT2D eigenvalue weighted by Crippen LogP contribution is 2.12. The van der Waals surface area contributed by atoms with Gasteiger partial charge in [-0.15, -0.1) is 0 Å². The molecule has 0 radical (unpaired) electrons. The molecule has 29 heavy (non-hydrogen) atoms. The first-order chi connectivity index (χ1) is 14.2. The van der Waals surface area contributed by atoms with E-state index in [1.54, 1.807) is 6.20 Å². The topological polar surface area (TPSA) is 66.7 Å². The molecule has 0 spiro atoms. The molecule has 0 aliphatic carbocycles. The number of hydrogen-bond acceptors (Lipinski definition) is 4. The summed E-state index contributed by atoms with van der Waals surface area (Å²) in [5.41, 5.74) is 2.37. The third-order valence-electron chi connectivity index (χ3n) is 5.40. The molecule has 7 nitrogen and oxygen atoms in total. The van der Waals surface area contributed by atoms with Gasteiger partial charge in [0.05, 0.1) is 18.9 Å². The molecule has 1 atom stereocenters. The van der Waals surface area contributed by atoms with Gasteiger partial charge in [0.2, 0.25) is 0 Å². The molecule has 1 aromatic heterocycles. The van der Waals surface area contributed by atoms with E-state index in [9.17, 15) is 0 Å². The van der Waals surface area contributed by atoms with Crippen LogP contribution in [-0.4, -0.2) is 73.1 Å². The fourth-order valence-electron chi connectivity index (χ4n) is 3.68. The van der Waals surface area contributed by atoms with Crippen LogP contribution >= 0.6 is 0 Å². The number of guanidine groups is 1. The van der Waals surface area contributed by atoms with E-state index in [1.165, 1.54) is 5.56 Å². The molecule has 3 rings (SSSR count). The molecule has 1 aliphatic rings. The van der Waals surface area contributed by atoms with Crippen LogP contribution in [0.2, 0.25) is 0 Å². The van der Waals surface area contributed by atoms with Crippen LogP contribution in [0, 0.1) is 5.92 Å². The highest BCUT2D eigenvalue weighted by Gasteiger charge is 2.23. The lowest BCUT2D eigenvalue weighted by Gasteiger charge is -2.37. The molecule has 1 aromatic carbocycles. The Bertz CT molecular complexity index is 735. The number of hydrogen-bond donors (Lipinski definition) is 2. The van der Waals surface area contributed by atoms with Crippen LogP contribution in [0.5, 0.6) is 0 Å². The molecule has 0 saturated carbocycles. The van der Waals surface area contributed by atoms with Gasteiger partial charge in [0.25, 0.3) is 0 Å². The predicted octanol–water partition coefficient (Wildman–Crippen LogP) is 1.94. The van der Waals surface area contributed by atoms with Crippen LogP contribution < -0.4 is 10.6 Å². The van der Waals surface area contributed by atoms with Crippen molar-refractivity contribution >= 4 is 5.96 Å². The predicted molar refractivity (Wildman–Crippen MR) is 118 cm³/mol. The normalized spacial score (nSPS) is 16.8. The zero-order valence-electron chi connectivity index (χ0n) is 17.8. The van der Waals surface area contributed by atoms with Gasteiger partial charge >= 0.3 is 0 Å². The van der Waals surface area contributed by atoms with Gasteiger partial charge in [0.15, 0.2) is 5.96 Å². The Morgan fingerprint density at radius 3 is 2.55 bits per heavy atom. The molecule has 158 valence electrons. The number of rotatable bonds is 8. The van der Waals surface area contributed by atoms with Crippen molar-refractivity contribution in [3.8, 4) is 5.69 Å². The van der Waals surface area contributed by atoms with Crippen LogP contribution in [0.15, 0.2) is 47.7 Å². The van der Waals surface area contributed by atoms with Gasteiger partial charge in [-0.1, -0.05) is 26.0 Å². The highest BCUT2D eigenvalue weighted by atomic mass is 16.5. The van der Waals surface area contributed by atoms with E-state index in [0.717, 1.165) is 57.5 Å². The number of aliphatic imine (C=N–C) groups is 1. The molecule has 2 aromatic rings. The van der Waals surface area contributed by atoms with Crippen molar-refractivity contribution in [3.63, 3.8) is 0 Å². The van der Waals surface area contributed by atoms with Gasteiger partial charge in [-0.3, -0.25) is 9.89 Å². The maximum Gasteiger partial charge on any atom is 0.191 e. The third-order valence-corrected chi connectivity index (χ3v) is 5.40. The summed E-state index contributed by atoms with van der Waals surface area (Å²) >= 11 is 0. The lowest BCUT2D eigenvalue weighted by Crippen LogP contribution is -2.52. The molecule has 0 bridgehead atoms. The minimum absolute atomic E-state index is 0.479. The van der Waals surface area contributed by atoms with Gasteiger partial charge in [-0.25, -0.2) is 4.68 Å². The van der Waals surface area contributed by atoms with E-state index in [1.807, 2.05) is 24.0 Å². The fourth-order valence-corrected chi connectivity index (χ4v) is 3.68. The number of ether oxygens (including phenoxy) is 1. The number of aromatic nitrogens is 2. The number of nitrogens with one attached hydrogen (secondary N) is 2. The molecule has 1 aliphatic heterocycles. The first-order valence-corrected chi connectivity index (χ1v) is 10.5. The van der Waals surface area contributed by atoms with Gasteiger partial charge in [0.1, 0.15) is 0 Å². The van der Waals surface area contributed by atoms with Crippen LogP contribution in [0.3, 0.4) is 0 Å². The average molecular weight is 399 g/mol. The van der Waals surface area contributed by atoms with Crippen molar-refractivity contribution in [1.82, 2.24) is 25.3 Å². The molecule has 2 N–H and O–H groups in total. The van der Waals surface area contributed by atoms with Crippen LogP contribution in [0.1, 0.15) is 19.4 Å². The molecule has 1 fully saturated rings. The number of nitrogens with zero attached hydrogens (tertiary/aromatic N) is 4. The SMILES string of the molecule is CN=C(NCCc1ccc(-n2cccn2)cc1)NCC(C(C)C)N1CCOCC1. The molecule has 1 saturated heterocycles. The summed E-state index contributed by atoms with van der Waals surface area (Å²) in [6.07, 6.45) is 4.68. The first-order valence-electron chi connectivity index (χ1n) is 10.5. The van der Waals surface area contributed by atoms with Gasteiger partial charge in [0, 0.05) is 51.7 Å². The van der Waals surface area contributed by atoms with Gasteiger partial charge in [-0.2, -0.15) is 5.10 Å². The monoisotopic (exact) mass is 398 g/mol. The molecule has 7 heteroatoms. The lowest BCUT2D eigenvalue weighted by molar-refractivity contribution is 0.00752. The summed E-state index contributed by atoms with van der Waals surface area (Å²) in [4.78, 5) is 6.91. The Balaban J connectivity index is 1.44. The second-order valence-electron chi connectivity index (χ2n) is 7.71.